The molecule has 0 N–H and O–H groups in total. The summed E-state index contributed by atoms with van der Waals surface area (Å²) in [7, 11) is 1.26. The molecule has 1 amide bonds. The van der Waals surface area contributed by atoms with Crippen LogP contribution in [0.25, 0.3) is 0 Å². The van der Waals surface area contributed by atoms with Crippen LogP contribution in [0.1, 0.15) is 6.92 Å². The Hall–Kier alpha value is -1.17. The Balaban J connectivity index is 2.67. The Kier molecular flexibility index (Phi) is 7.08. The molecule has 0 aliphatic rings. The fourth-order valence-corrected chi connectivity index (χ4v) is 2.03. The van der Waals surface area contributed by atoms with Gasteiger partial charge in [-0.3, -0.25) is 9.59 Å². The molecule has 21 heavy (non-hydrogen) atoms. The first kappa shape index (κ1) is 17.9. The van der Waals surface area contributed by atoms with Gasteiger partial charge in [-0.05, 0) is 13.0 Å². The van der Waals surface area contributed by atoms with Crippen molar-refractivity contribution in [3.8, 4) is 5.75 Å². The zero-order chi connectivity index (χ0) is 16.0. The highest BCUT2D eigenvalue weighted by atomic mass is 35.5. The molecule has 116 valence electrons. The number of ether oxygens (including phenoxy) is 2. The number of hydrogen-bond acceptors (Lipinski definition) is 4. The van der Waals surface area contributed by atoms with E-state index in [1.165, 1.54) is 24.1 Å². The lowest BCUT2D eigenvalue weighted by molar-refractivity contribution is -0.147. The van der Waals surface area contributed by atoms with Gasteiger partial charge in [0.15, 0.2) is 6.61 Å². The maximum atomic E-state index is 12.0. The van der Waals surface area contributed by atoms with Gasteiger partial charge in [-0.25, -0.2) is 0 Å². The molecule has 0 aliphatic carbocycles. The van der Waals surface area contributed by atoms with E-state index in [2.05, 4.69) is 4.74 Å². The third-order valence-corrected chi connectivity index (χ3v) is 3.63. The van der Waals surface area contributed by atoms with Gasteiger partial charge in [-0.15, -0.1) is 0 Å². The van der Waals surface area contributed by atoms with Gasteiger partial charge in [-0.1, -0.05) is 34.8 Å². The van der Waals surface area contributed by atoms with E-state index >= 15 is 0 Å². The number of esters is 1. The highest BCUT2D eigenvalue weighted by Crippen LogP contribution is 2.33. The Labute approximate surface area is 137 Å². The van der Waals surface area contributed by atoms with Crippen LogP contribution < -0.4 is 4.74 Å². The molecule has 0 saturated heterocycles. The topological polar surface area (TPSA) is 55.8 Å². The second kappa shape index (κ2) is 8.32. The van der Waals surface area contributed by atoms with Crippen LogP contribution in [0.4, 0.5) is 0 Å². The van der Waals surface area contributed by atoms with Crippen LogP contribution in [0.3, 0.4) is 0 Å². The average molecular weight is 355 g/mol. The van der Waals surface area contributed by atoms with Crippen LogP contribution in [-0.2, 0) is 14.3 Å². The van der Waals surface area contributed by atoms with E-state index in [-0.39, 0.29) is 34.9 Å². The summed E-state index contributed by atoms with van der Waals surface area (Å²) in [5.74, 6) is -0.628. The number of likely N-dealkylation sites (N-methyl/N-ethyl adjacent to an activating group) is 1. The van der Waals surface area contributed by atoms with Crippen molar-refractivity contribution in [1.82, 2.24) is 4.90 Å². The number of carbonyl (C=O) groups is 2. The van der Waals surface area contributed by atoms with E-state index in [4.69, 9.17) is 39.5 Å². The number of benzene rings is 1. The lowest BCUT2D eigenvalue weighted by atomic mass is 10.3. The molecule has 8 heteroatoms. The first-order chi connectivity index (χ1) is 9.88. The molecule has 0 unspecified atom stereocenters. The summed E-state index contributed by atoms with van der Waals surface area (Å²) in [6.45, 7) is 1.69. The van der Waals surface area contributed by atoms with E-state index in [9.17, 15) is 9.59 Å². The minimum Gasteiger partial charge on any atom is -0.482 e. The van der Waals surface area contributed by atoms with Crippen molar-refractivity contribution in [3.63, 3.8) is 0 Å². The predicted octanol–water partition coefficient (Wildman–Crippen LogP) is 3.05. The van der Waals surface area contributed by atoms with Crippen LogP contribution in [0.15, 0.2) is 12.1 Å². The third-order valence-electron chi connectivity index (χ3n) is 2.61. The molecule has 0 fully saturated rings. The highest BCUT2D eigenvalue weighted by molar-refractivity contribution is 6.43. The normalized spacial score (nSPS) is 10.1. The summed E-state index contributed by atoms with van der Waals surface area (Å²) in [5.41, 5.74) is 0. The van der Waals surface area contributed by atoms with E-state index in [1.807, 2.05) is 0 Å². The van der Waals surface area contributed by atoms with Crippen LogP contribution in [0.2, 0.25) is 15.1 Å². The van der Waals surface area contributed by atoms with Gasteiger partial charge in [0.1, 0.15) is 12.3 Å². The van der Waals surface area contributed by atoms with Crippen molar-refractivity contribution in [1.29, 1.82) is 0 Å². The molecule has 0 aromatic heterocycles. The standard InChI is InChI=1S/C13H14Cl3NO4/c1-3-17(6-13(19)20-2)12(18)7-21-11-5-9(15)8(14)4-10(11)16/h4-5H,3,6-7H2,1-2H3. The number of halogens is 3. The quantitative estimate of drug-likeness (QED) is 0.582. The Morgan fingerprint density at radius 3 is 2.33 bits per heavy atom. The molecule has 0 aliphatic heterocycles. The zero-order valence-electron chi connectivity index (χ0n) is 11.5. The number of amides is 1. The SMILES string of the molecule is CCN(CC(=O)OC)C(=O)COc1cc(Cl)c(Cl)cc1Cl. The smallest absolute Gasteiger partial charge is 0.325 e. The maximum absolute atomic E-state index is 12.0. The molecule has 5 nitrogen and oxygen atoms in total. The van der Waals surface area contributed by atoms with Crippen LogP contribution in [0.5, 0.6) is 5.75 Å². The second-order valence-electron chi connectivity index (χ2n) is 3.97. The Morgan fingerprint density at radius 1 is 1.14 bits per heavy atom. The fourth-order valence-electron chi connectivity index (χ4n) is 1.44. The first-order valence-corrected chi connectivity index (χ1v) is 7.14. The minimum absolute atomic E-state index is 0.135. The van der Waals surface area contributed by atoms with Gasteiger partial charge in [-0.2, -0.15) is 0 Å². The fraction of sp³-hybridized carbons (Fsp3) is 0.385. The van der Waals surface area contributed by atoms with Gasteiger partial charge in [0.2, 0.25) is 0 Å². The molecule has 0 saturated carbocycles. The van der Waals surface area contributed by atoms with Crippen molar-refractivity contribution < 1.29 is 19.1 Å². The highest BCUT2D eigenvalue weighted by Gasteiger charge is 2.17. The molecule has 0 bridgehead atoms. The summed E-state index contributed by atoms with van der Waals surface area (Å²) >= 11 is 17.6. The third kappa shape index (κ3) is 5.26. The molecule has 0 spiro atoms. The largest absolute Gasteiger partial charge is 0.482 e. The summed E-state index contributed by atoms with van der Waals surface area (Å²) < 4.78 is 9.83. The summed E-state index contributed by atoms with van der Waals surface area (Å²) in [6.07, 6.45) is 0. The maximum Gasteiger partial charge on any atom is 0.325 e. The molecule has 0 heterocycles. The summed E-state index contributed by atoms with van der Waals surface area (Å²) in [5, 5.41) is 0.805. The van der Waals surface area contributed by atoms with Gasteiger partial charge in [0, 0.05) is 12.6 Å². The first-order valence-electron chi connectivity index (χ1n) is 6.01. The van der Waals surface area contributed by atoms with Crippen molar-refractivity contribution in [3.05, 3.63) is 27.2 Å². The lowest BCUT2D eigenvalue weighted by Crippen LogP contribution is -2.38. The van der Waals surface area contributed by atoms with Crippen molar-refractivity contribution in [2.24, 2.45) is 0 Å². The zero-order valence-corrected chi connectivity index (χ0v) is 13.8. The molecule has 1 rings (SSSR count). The Bertz CT molecular complexity index is 536. The summed E-state index contributed by atoms with van der Waals surface area (Å²) in [6, 6.07) is 2.85. The molecule has 0 atom stereocenters. The van der Waals surface area contributed by atoms with E-state index < -0.39 is 5.97 Å². The van der Waals surface area contributed by atoms with Gasteiger partial charge < -0.3 is 14.4 Å². The number of nitrogens with zero attached hydrogens (tertiary/aromatic N) is 1. The van der Waals surface area contributed by atoms with Crippen molar-refractivity contribution in [2.45, 2.75) is 6.92 Å². The molecular formula is C13H14Cl3NO4. The van der Waals surface area contributed by atoms with Crippen molar-refractivity contribution in [2.75, 3.05) is 26.8 Å². The molecule has 1 aromatic carbocycles. The van der Waals surface area contributed by atoms with Crippen LogP contribution in [-0.4, -0.2) is 43.6 Å². The van der Waals surface area contributed by atoms with Gasteiger partial charge >= 0.3 is 5.97 Å². The molecular weight excluding hydrogens is 341 g/mol. The molecule has 0 radical (unpaired) electrons. The number of methoxy groups -OCH3 is 1. The molecule has 1 aromatic rings. The van der Waals surface area contributed by atoms with Gasteiger partial charge in [0.05, 0.1) is 22.2 Å². The average Bonchev–Trinajstić information content (AvgIpc) is 2.46. The minimum atomic E-state index is -0.502. The number of rotatable bonds is 6. The predicted molar refractivity (Wildman–Crippen MR) is 81.2 cm³/mol. The van der Waals surface area contributed by atoms with Gasteiger partial charge in [0.25, 0.3) is 5.91 Å². The Morgan fingerprint density at radius 2 is 1.76 bits per heavy atom. The monoisotopic (exact) mass is 353 g/mol. The van der Waals surface area contributed by atoms with Crippen LogP contribution in [0, 0.1) is 0 Å². The number of hydrogen-bond donors (Lipinski definition) is 0. The van der Waals surface area contributed by atoms with Crippen molar-refractivity contribution >= 4 is 46.7 Å². The lowest BCUT2D eigenvalue weighted by Gasteiger charge is -2.19. The second-order valence-corrected chi connectivity index (χ2v) is 5.19. The number of carbonyl (C=O) groups excluding carboxylic acids is 2. The summed E-state index contributed by atoms with van der Waals surface area (Å²) in [4.78, 5) is 24.4. The van der Waals surface area contributed by atoms with E-state index in [1.54, 1.807) is 6.92 Å². The van der Waals surface area contributed by atoms with E-state index in [0.29, 0.717) is 11.6 Å². The van der Waals surface area contributed by atoms with E-state index in [0.717, 1.165) is 0 Å². The van der Waals surface area contributed by atoms with Crippen LogP contribution >= 0.6 is 34.8 Å².